The van der Waals surface area contributed by atoms with Gasteiger partial charge in [-0.1, -0.05) is 68.8 Å². The SMILES string of the molecule is Cc1ccc(S(=O)(=O)N(C)C(=O)OCC=C=C[C@@H](O[Si](C)(C)C(C)(C)C)c2ccccc2)cc1. The summed E-state index contributed by atoms with van der Waals surface area (Å²) < 4.78 is 37.5. The molecule has 34 heavy (non-hydrogen) atoms. The van der Waals surface area contributed by atoms with E-state index in [9.17, 15) is 13.2 Å². The fourth-order valence-corrected chi connectivity index (χ4v) is 4.95. The van der Waals surface area contributed by atoms with E-state index in [1.807, 2.05) is 37.3 Å². The van der Waals surface area contributed by atoms with Gasteiger partial charge in [0.2, 0.25) is 0 Å². The second-order valence-electron chi connectivity index (χ2n) is 9.61. The lowest BCUT2D eigenvalue weighted by atomic mass is 10.1. The van der Waals surface area contributed by atoms with Crippen LogP contribution in [0.1, 0.15) is 38.0 Å². The minimum Gasteiger partial charge on any atom is -0.444 e. The molecule has 6 nitrogen and oxygen atoms in total. The van der Waals surface area contributed by atoms with E-state index < -0.39 is 24.4 Å². The molecule has 0 aliphatic carbocycles. The quantitative estimate of drug-likeness (QED) is 0.317. The van der Waals surface area contributed by atoms with Crippen LogP contribution in [0.3, 0.4) is 0 Å². The molecule has 2 aromatic carbocycles. The fourth-order valence-electron chi connectivity index (χ4n) is 2.71. The van der Waals surface area contributed by atoms with Gasteiger partial charge in [0.15, 0.2) is 8.32 Å². The van der Waals surface area contributed by atoms with Crippen molar-refractivity contribution >= 4 is 24.4 Å². The molecular formula is C26H35NO5SSi. The number of sulfonamides is 1. The van der Waals surface area contributed by atoms with Crippen molar-refractivity contribution in [1.82, 2.24) is 4.31 Å². The highest BCUT2D eigenvalue weighted by Gasteiger charge is 2.39. The van der Waals surface area contributed by atoms with Crippen molar-refractivity contribution in [1.29, 1.82) is 0 Å². The van der Waals surface area contributed by atoms with Crippen LogP contribution in [0, 0.1) is 6.92 Å². The first-order valence-corrected chi connectivity index (χ1v) is 15.5. The van der Waals surface area contributed by atoms with Crippen LogP contribution in [0.15, 0.2) is 77.4 Å². The summed E-state index contributed by atoms with van der Waals surface area (Å²) in [6.45, 7) is 12.7. The van der Waals surface area contributed by atoms with Crippen molar-refractivity contribution in [3.8, 4) is 0 Å². The van der Waals surface area contributed by atoms with Crippen LogP contribution in [-0.4, -0.2) is 40.8 Å². The van der Waals surface area contributed by atoms with Crippen molar-refractivity contribution in [3.05, 3.63) is 83.6 Å². The lowest BCUT2D eigenvalue weighted by molar-refractivity contribution is 0.142. The Morgan fingerprint density at radius 1 is 1.09 bits per heavy atom. The summed E-state index contributed by atoms with van der Waals surface area (Å²) in [5, 5.41) is 0.0423. The highest BCUT2D eigenvalue weighted by molar-refractivity contribution is 7.89. The first kappa shape index (κ1) is 27.6. The van der Waals surface area contributed by atoms with Gasteiger partial charge in [0, 0.05) is 7.05 Å². The molecule has 0 fully saturated rings. The van der Waals surface area contributed by atoms with Crippen molar-refractivity contribution in [2.45, 2.75) is 56.8 Å². The minimum atomic E-state index is -3.98. The molecule has 0 bridgehead atoms. The summed E-state index contributed by atoms with van der Waals surface area (Å²) in [5.74, 6) is 0. The predicted octanol–water partition coefficient (Wildman–Crippen LogP) is 6.23. The van der Waals surface area contributed by atoms with Gasteiger partial charge in [0.05, 0.1) is 11.0 Å². The molecule has 8 heteroatoms. The molecule has 0 aliphatic heterocycles. The maximum absolute atomic E-state index is 12.6. The molecule has 2 aromatic rings. The Bertz CT molecular complexity index is 1130. The first-order valence-electron chi connectivity index (χ1n) is 11.1. The first-order chi connectivity index (χ1) is 15.8. The zero-order valence-electron chi connectivity index (χ0n) is 21.0. The summed E-state index contributed by atoms with van der Waals surface area (Å²) >= 11 is 0. The number of benzene rings is 2. The third-order valence-corrected chi connectivity index (χ3v) is 12.1. The average Bonchev–Trinajstić information content (AvgIpc) is 2.77. The molecule has 0 spiro atoms. The molecule has 0 heterocycles. The summed E-state index contributed by atoms with van der Waals surface area (Å²) in [7, 11) is -4.86. The number of amides is 1. The van der Waals surface area contributed by atoms with E-state index in [4.69, 9.17) is 9.16 Å². The average molecular weight is 502 g/mol. The summed E-state index contributed by atoms with van der Waals surface area (Å²) in [5.41, 5.74) is 4.96. The van der Waals surface area contributed by atoms with Gasteiger partial charge in [-0.05, 0) is 54.9 Å². The standard InChI is InChI=1S/C26H35NO5SSi/c1-21-16-18-23(19-17-21)33(29,30)27(5)25(28)31-20-12-11-15-24(22-13-9-8-10-14-22)32-34(6,7)26(2,3)4/h8-10,12-19,24H,20H2,1-7H3/t11?,24-/m1/s1. The molecule has 0 aliphatic rings. The molecule has 2 rings (SSSR count). The van der Waals surface area contributed by atoms with E-state index in [0.29, 0.717) is 4.31 Å². The van der Waals surface area contributed by atoms with E-state index in [-0.39, 0.29) is 22.6 Å². The van der Waals surface area contributed by atoms with E-state index >= 15 is 0 Å². The van der Waals surface area contributed by atoms with Crippen LogP contribution in [0.5, 0.6) is 0 Å². The number of hydrogen-bond acceptors (Lipinski definition) is 5. The number of carbonyl (C=O) groups is 1. The van der Waals surface area contributed by atoms with Crippen LogP contribution in [0.2, 0.25) is 18.1 Å². The van der Waals surface area contributed by atoms with Crippen LogP contribution in [-0.2, 0) is 19.2 Å². The van der Waals surface area contributed by atoms with Crippen LogP contribution < -0.4 is 0 Å². The Kier molecular flexibility index (Phi) is 9.08. The van der Waals surface area contributed by atoms with Gasteiger partial charge < -0.3 is 9.16 Å². The van der Waals surface area contributed by atoms with Gasteiger partial charge in [0.1, 0.15) is 6.61 Å². The molecule has 0 N–H and O–H groups in total. The predicted molar refractivity (Wildman–Crippen MR) is 138 cm³/mol. The monoisotopic (exact) mass is 501 g/mol. The number of hydrogen-bond donors (Lipinski definition) is 0. The van der Waals surface area contributed by atoms with Crippen molar-refractivity contribution in [2.75, 3.05) is 13.7 Å². The Morgan fingerprint density at radius 2 is 1.68 bits per heavy atom. The van der Waals surface area contributed by atoms with Gasteiger partial charge in [-0.2, -0.15) is 0 Å². The summed E-state index contributed by atoms with van der Waals surface area (Å²) in [6, 6.07) is 16.1. The molecule has 184 valence electrons. The lowest BCUT2D eigenvalue weighted by Crippen LogP contribution is -2.41. The second-order valence-corrected chi connectivity index (χ2v) is 16.3. The van der Waals surface area contributed by atoms with Crippen molar-refractivity contribution < 1.29 is 22.4 Å². The van der Waals surface area contributed by atoms with Crippen molar-refractivity contribution in [2.24, 2.45) is 0 Å². The van der Waals surface area contributed by atoms with E-state index in [1.165, 1.54) is 25.3 Å². The molecule has 1 atom stereocenters. The maximum Gasteiger partial charge on any atom is 0.423 e. The molecule has 0 aromatic heterocycles. The largest absolute Gasteiger partial charge is 0.444 e. The van der Waals surface area contributed by atoms with Crippen LogP contribution in [0.4, 0.5) is 4.79 Å². The van der Waals surface area contributed by atoms with E-state index in [2.05, 4.69) is 39.6 Å². The Balaban J connectivity index is 2.08. The topological polar surface area (TPSA) is 72.9 Å². The molecule has 0 saturated heterocycles. The van der Waals surface area contributed by atoms with Gasteiger partial charge >= 0.3 is 6.09 Å². The number of rotatable bonds is 8. The van der Waals surface area contributed by atoms with Gasteiger partial charge in [-0.3, -0.25) is 0 Å². The Hall–Kier alpha value is -2.64. The van der Waals surface area contributed by atoms with E-state index in [1.54, 1.807) is 18.2 Å². The third kappa shape index (κ3) is 7.18. The highest BCUT2D eigenvalue weighted by Crippen LogP contribution is 2.40. The molecular weight excluding hydrogens is 466 g/mol. The van der Waals surface area contributed by atoms with Crippen LogP contribution in [0.25, 0.3) is 0 Å². The van der Waals surface area contributed by atoms with Crippen molar-refractivity contribution in [3.63, 3.8) is 0 Å². The lowest BCUT2D eigenvalue weighted by Gasteiger charge is -2.38. The second kappa shape index (κ2) is 11.2. The molecule has 1 amide bonds. The number of ether oxygens (including phenoxy) is 1. The van der Waals surface area contributed by atoms with E-state index in [0.717, 1.165) is 11.1 Å². The molecule has 0 unspecified atom stereocenters. The van der Waals surface area contributed by atoms with Gasteiger partial charge in [-0.25, -0.2) is 17.5 Å². The number of nitrogens with zero attached hydrogens (tertiary/aromatic N) is 1. The van der Waals surface area contributed by atoms with Gasteiger partial charge in [-0.15, -0.1) is 5.73 Å². The Labute approximate surface area is 205 Å². The number of carbonyl (C=O) groups excluding carboxylic acids is 1. The summed E-state index contributed by atoms with van der Waals surface area (Å²) in [6.07, 6.45) is 2.08. The highest BCUT2D eigenvalue weighted by atomic mass is 32.2. The summed E-state index contributed by atoms with van der Waals surface area (Å²) in [4.78, 5) is 12.3. The molecule has 0 radical (unpaired) electrons. The Morgan fingerprint density at radius 3 is 2.24 bits per heavy atom. The maximum atomic E-state index is 12.6. The fraction of sp³-hybridized carbons (Fsp3) is 0.385. The third-order valence-electron chi connectivity index (χ3n) is 5.95. The molecule has 0 saturated carbocycles. The zero-order valence-corrected chi connectivity index (χ0v) is 22.8. The minimum absolute atomic E-state index is 0.0291. The smallest absolute Gasteiger partial charge is 0.423 e. The number of aryl methyl sites for hydroxylation is 1. The zero-order chi connectivity index (χ0) is 25.6. The normalized spacial score (nSPS) is 12.9. The van der Waals surface area contributed by atoms with Gasteiger partial charge in [0.25, 0.3) is 10.0 Å². The van der Waals surface area contributed by atoms with Crippen LogP contribution >= 0.6 is 0 Å².